The lowest BCUT2D eigenvalue weighted by atomic mass is 9.68. The number of nitrogens with zero attached hydrogens (tertiary/aromatic N) is 1. The normalized spacial score (nSPS) is 13.0. The number of terminal acetylenes is 1. The van der Waals surface area contributed by atoms with Crippen molar-refractivity contribution in [3.05, 3.63) is 53.6 Å². The molecule has 0 radical (unpaired) electrons. The molecule has 0 bridgehead atoms. The summed E-state index contributed by atoms with van der Waals surface area (Å²) >= 11 is 3.08. The lowest BCUT2D eigenvalue weighted by molar-refractivity contribution is -0.437. The van der Waals surface area contributed by atoms with Crippen molar-refractivity contribution in [2.75, 3.05) is 31.9 Å². The molecule has 0 aromatic heterocycles. The number of nitrogens with one attached hydrogen (secondary N) is 1. The van der Waals surface area contributed by atoms with Gasteiger partial charge in [-0.05, 0) is 162 Å². The monoisotopic (exact) mass is 949 g/mol. The lowest BCUT2D eigenvalue weighted by Crippen LogP contribution is -2.43. The van der Waals surface area contributed by atoms with Gasteiger partial charge in [0.25, 0.3) is 0 Å². The number of unbranched alkanes of at least 4 members (excludes halogenated alkanes) is 2. The molecule has 1 aliphatic heterocycles. The maximum atomic E-state index is 13.8. The van der Waals surface area contributed by atoms with Crippen LogP contribution in [0.4, 0.5) is 5.69 Å². The third-order valence-electron chi connectivity index (χ3n) is 8.81. The summed E-state index contributed by atoms with van der Waals surface area (Å²) in [5.74, 6) is 62.2. The Balaban J connectivity index is -0.0000000541. The molecule has 1 heterocycles. The van der Waals surface area contributed by atoms with Crippen LogP contribution >= 0.6 is 12.9 Å². The first-order chi connectivity index (χ1) is 32.0. The molecule has 1 aliphatic rings. The van der Waals surface area contributed by atoms with Gasteiger partial charge in [-0.1, -0.05) is 57.6 Å². The van der Waals surface area contributed by atoms with Crippen LogP contribution in [0.2, 0.25) is 0 Å². The van der Waals surface area contributed by atoms with Crippen molar-refractivity contribution in [1.29, 1.82) is 0 Å². The van der Waals surface area contributed by atoms with Crippen LogP contribution in [-0.2, 0) is 24.1 Å². The van der Waals surface area contributed by atoms with E-state index in [-0.39, 0.29) is 30.0 Å². The fraction of sp³-hybridized carbons (Fsp3) is 0.296. The maximum Gasteiger partial charge on any atom is 0.179 e. The second kappa shape index (κ2) is 34.8. The molecule has 0 spiro atoms. The van der Waals surface area contributed by atoms with E-state index in [2.05, 4.69) is 189 Å². The molecular formula is C54H80N2O8S2. The summed E-state index contributed by atoms with van der Waals surface area (Å²) in [7, 11) is 1.93. The number of hydrogen-bond donors (Lipinski definition) is 4. The minimum absolute atomic E-state index is 0. The number of hydrogen-bond acceptors (Lipinski definition) is 11. The number of anilines is 1. The minimum Gasteiger partial charge on any atom is -0.497 e. The topological polar surface area (TPSA) is 127 Å². The van der Waals surface area contributed by atoms with Crippen LogP contribution in [0, 0.1) is 160 Å². The number of benzene rings is 2. The van der Waals surface area contributed by atoms with E-state index in [0.717, 1.165) is 42.7 Å². The minimum atomic E-state index is -3.58. The summed E-state index contributed by atoms with van der Waals surface area (Å²) in [5.41, 5.74) is 3.29. The van der Waals surface area contributed by atoms with E-state index >= 15 is 0 Å². The molecule has 0 saturated heterocycles. The standard InChI is InChI=1S/C27H39NO4S.C27H4.H3NO4S.17H2/c1-6-8-16-27(17-9-7-2)19-33(30,31)24-15-12-21(28(3)4)18-23(24)25(26(27)29)20-10-13-22(32-5)14-11-20;1-3-5-7-9-11-13-15-17-19-21-23-25-27-26-24-22-20-18-16-14-12-10-8-6-4-2;2-3-1-4-5-6;;;;;;;;;;;;;;;;;/h10-15,18,25-26,29H,6-9,16-17,19H2,1-5H3;1H,2H3;1-2,6H;17*1H/t25-,26-;;;;;;;;;;;;;;;;;;;/m1.................../s1. The van der Waals surface area contributed by atoms with Gasteiger partial charge in [0.1, 0.15) is 5.75 Å². The Morgan fingerprint density at radius 1 is 0.758 bits per heavy atom. The highest BCUT2D eigenvalue weighted by atomic mass is 32.2. The third-order valence-corrected chi connectivity index (χ3v) is 10.9. The van der Waals surface area contributed by atoms with Crippen molar-refractivity contribution in [1.82, 2.24) is 5.64 Å². The Morgan fingerprint density at radius 2 is 1.20 bits per heavy atom. The molecule has 66 heavy (non-hydrogen) atoms. The first kappa shape index (κ1) is 56.4. The second-order valence-electron chi connectivity index (χ2n) is 13.2. The highest BCUT2D eigenvalue weighted by Gasteiger charge is 2.49. The summed E-state index contributed by atoms with van der Waals surface area (Å²) < 4.78 is 36.5. The zero-order valence-electron chi connectivity index (χ0n) is 37.4. The molecule has 10 nitrogen and oxygen atoms in total. The van der Waals surface area contributed by atoms with Crippen LogP contribution in [0.3, 0.4) is 0 Å². The highest BCUT2D eigenvalue weighted by Crippen LogP contribution is 2.50. The summed E-state index contributed by atoms with van der Waals surface area (Å²) in [6, 6.07) is 13.2. The Morgan fingerprint density at radius 3 is 1.55 bits per heavy atom. The summed E-state index contributed by atoms with van der Waals surface area (Å²) in [6.07, 6.45) is 9.22. The van der Waals surface area contributed by atoms with Crippen molar-refractivity contribution < 1.29 is 62.1 Å². The third kappa shape index (κ3) is 22.1. The fourth-order valence-corrected chi connectivity index (χ4v) is 8.21. The number of aliphatic hydroxyl groups is 1. The van der Waals surface area contributed by atoms with Crippen LogP contribution in [0.25, 0.3) is 0 Å². The van der Waals surface area contributed by atoms with Gasteiger partial charge in [0.2, 0.25) is 0 Å². The average molecular weight is 949 g/mol. The number of fused-ring (bicyclic) bond motifs is 1. The zero-order chi connectivity index (χ0) is 48.7. The SMILES string of the molecule is C#CC#CC#CC#CC#CC#CC#CC#CC#CC#CC#CC#CC#CC.CCCCC1(CCCC)CS(=O)(=O)c2ccc(N(C)C)cc2[C@@H](c2ccc(OC)cc2)[C@H]1O.OONOOS.[HH].[HH].[HH].[HH].[HH].[HH].[HH].[HH].[HH].[HH].[HH].[HH].[HH].[HH].[HH].[HH].[HH]. The van der Waals surface area contributed by atoms with Gasteiger partial charge in [-0.25, -0.2) is 13.7 Å². The van der Waals surface area contributed by atoms with E-state index < -0.39 is 27.3 Å². The maximum absolute atomic E-state index is 13.8. The van der Waals surface area contributed by atoms with Crippen LogP contribution < -0.4 is 15.3 Å². The van der Waals surface area contributed by atoms with Crippen molar-refractivity contribution in [3.8, 4) is 160 Å². The van der Waals surface area contributed by atoms with E-state index in [0.29, 0.717) is 23.3 Å². The van der Waals surface area contributed by atoms with Gasteiger partial charge in [0.05, 0.1) is 23.9 Å². The number of ether oxygens (including phenoxy) is 1. The van der Waals surface area contributed by atoms with Gasteiger partial charge < -0.3 is 14.7 Å². The van der Waals surface area contributed by atoms with Gasteiger partial charge in [-0.15, -0.1) is 20.7 Å². The van der Waals surface area contributed by atoms with Crippen molar-refractivity contribution in [2.45, 2.75) is 76.2 Å². The number of thiol groups is 1. The molecule has 12 heteroatoms. The zero-order valence-corrected chi connectivity index (χ0v) is 39.1. The van der Waals surface area contributed by atoms with Gasteiger partial charge in [0.15, 0.2) is 9.84 Å². The number of sulfone groups is 1. The van der Waals surface area contributed by atoms with E-state index in [1.54, 1.807) is 20.1 Å². The molecule has 3 rings (SSSR count). The molecule has 2 atom stereocenters. The molecule has 2 aromatic rings. The van der Waals surface area contributed by atoms with Crippen LogP contribution in [0.1, 0.15) is 101 Å². The highest BCUT2D eigenvalue weighted by molar-refractivity contribution is 7.91. The van der Waals surface area contributed by atoms with Crippen molar-refractivity contribution in [3.63, 3.8) is 0 Å². The predicted octanol–water partition coefficient (Wildman–Crippen LogP) is 9.96. The predicted molar refractivity (Wildman–Crippen MR) is 297 cm³/mol. The van der Waals surface area contributed by atoms with E-state index in [1.165, 1.54) is 5.64 Å². The van der Waals surface area contributed by atoms with Crippen LogP contribution in [0.5, 0.6) is 5.75 Å². The molecule has 3 N–H and O–H groups in total. The molecule has 0 aliphatic carbocycles. The first-order valence-electron chi connectivity index (χ1n) is 19.8. The molecule has 366 valence electrons. The molecule has 2 aromatic carbocycles. The Labute approximate surface area is 422 Å². The van der Waals surface area contributed by atoms with E-state index in [1.807, 2.05) is 55.4 Å². The first-order valence-corrected chi connectivity index (χ1v) is 21.8. The van der Waals surface area contributed by atoms with Gasteiger partial charge in [-0.2, -0.15) is 0 Å². The van der Waals surface area contributed by atoms with Gasteiger partial charge >= 0.3 is 0 Å². The quantitative estimate of drug-likeness (QED) is 0.0408. The summed E-state index contributed by atoms with van der Waals surface area (Å²) in [6.45, 7) is 5.92. The van der Waals surface area contributed by atoms with Gasteiger partial charge in [-0.3, -0.25) is 0 Å². The Bertz CT molecular complexity index is 2950. The summed E-state index contributed by atoms with van der Waals surface area (Å²) in [4.78, 5) is 9.08. The number of rotatable bonds is 12. The molecule has 0 fully saturated rings. The number of aliphatic hydroxyl groups excluding tert-OH is 1. The number of methoxy groups -OCH3 is 1. The molecule has 0 unspecified atom stereocenters. The van der Waals surface area contributed by atoms with Gasteiger partial charge in [0, 0.05) is 116 Å². The van der Waals surface area contributed by atoms with Crippen molar-refractivity contribution in [2.24, 2.45) is 5.41 Å². The molecule has 0 amide bonds. The summed E-state index contributed by atoms with van der Waals surface area (Å²) in [5, 5.41) is 19.4. The smallest absolute Gasteiger partial charge is 0.179 e. The van der Waals surface area contributed by atoms with E-state index in [9.17, 15) is 13.5 Å². The lowest BCUT2D eigenvalue weighted by Gasteiger charge is -2.40. The van der Waals surface area contributed by atoms with Crippen LogP contribution in [-0.4, -0.2) is 51.8 Å². The largest absolute Gasteiger partial charge is 0.497 e. The Hall–Kier alpha value is -7.62. The van der Waals surface area contributed by atoms with Crippen molar-refractivity contribution >= 4 is 28.4 Å². The molecule has 0 saturated carbocycles. The molecular weight excluding hydrogens is 869 g/mol. The average Bonchev–Trinajstić information content (AvgIpc) is 3.39. The van der Waals surface area contributed by atoms with Crippen LogP contribution in [0.15, 0.2) is 47.4 Å². The Kier molecular flexibility index (Phi) is 29.7. The second-order valence-corrected chi connectivity index (χ2v) is 15.3. The van der Waals surface area contributed by atoms with E-state index in [4.69, 9.17) is 16.4 Å². The fourth-order valence-electron chi connectivity index (χ4n) is 5.99.